The molecule has 1 heterocycles. The Hall–Kier alpha value is -3.15. The van der Waals surface area contributed by atoms with Crippen LogP contribution in [-0.2, 0) is 27.5 Å². The number of Topliss-reactive ketones (excluding diaryl/α,β-unsaturated/α-hetero) is 1. The van der Waals surface area contributed by atoms with Crippen molar-refractivity contribution in [1.82, 2.24) is 10.2 Å². The molecule has 11 heteroatoms. The van der Waals surface area contributed by atoms with Crippen molar-refractivity contribution in [3.05, 3.63) is 45.4 Å². The van der Waals surface area contributed by atoms with E-state index < -0.39 is 23.5 Å². The van der Waals surface area contributed by atoms with E-state index in [1.807, 2.05) is 39.2 Å². The summed E-state index contributed by atoms with van der Waals surface area (Å²) in [5.74, 6) is -0.374. The number of benzene rings is 1. The van der Waals surface area contributed by atoms with Crippen molar-refractivity contribution in [2.45, 2.75) is 56.8 Å². The van der Waals surface area contributed by atoms with Crippen molar-refractivity contribution in [2.24, 2.45) is 23.5 Å². The number of allylic oxidation sites excluding steroid dienone is 1. The molecule has 217 valence electrons. The number of methoxy groups -OCH3 is 1. The van der Waals surface area contributed by atoms with E-state index in [1.54, 1.807) is 7.11 Å². The molecule has 1 amide bonds. The van der Waals surface area contributed by atoms with Crippen LogP contribution in [-0.4, -0.2) is 87.6 Å². The van der Waals surface area contributed by atoms with Crippen molar-refractivity contribution >= 4 is 30.3 Å². The van der Waals surface area contributed by atoms with E-state index in [0.29, 0.717) is 54.0 Å². The van der Waals surface area contributed by atoms with Gasteiger partial charge in [0.2, 0.25) is 0 Å². The van der Waals surface area contributed by atoms with E-state index in [1.165, 1.54) is 12.8 Å². The molecule has 2 fully saturated rings. The Morgan fingerprint density at radius 3 is 2.56 bits per heavy atom. The average molecular weight is 561 g/mol. The minimum absolute atomic E-state index is 0.0245. The number of primary amides is 1. The molecule has 1 saturated heterocycles. The molecule has 1 aromatic rings. The van der Waals surface area contributed by atoms with Crippen molar-refractivity contribution in [3.8, 4) is 5.75 Å². The summed E-state index contributed by atoms with van der Waals surface area (Å²) in [4.78, 5) is 42.1. The third-order valence-corrected chi connectivity index (χ3v) is 9.67. The number of amides is 1. The summed E-state index contributed by atoms with van der Waals surface area (Å²) in [7, 11) is 15.7. The second-order valence-corrected chi connectivity index (χ2v) is 12.5. The van der Waals surface area contributed by atoms with E-state index in [0.717, 1.165) is 16.8 Å². The molecule has 0 bridgehead atoms. The Bertz CT molecular complexity index is 1430. The Morgan fingerprint density at radius 2 is 2.02 bits per heavy atom. The topological polar surface area (TPSA) is 127 Å². The number of ketones is 1. The van der Waals surface area contributed by atoms with E-state index in [9.17, 15) is 14.7 Å². The van der Waals surface area contributed by atoms with E-state index >= 15 is 0 Å². The van der Waals surface area contributed by atoms with Crippen molar-refractivity contribution in [2.75, 3.05) is 40.2 Å². The Balaban J connectivity index is 1.49. The zero-order valence-electron chi connectivity index (χ0n) is 24.5. The number of nitrogens with zero attached hydrogens (tertiary/aromatic N) is 2. The van der Waals surface area contributed by atoms with E-state index in [-0.39, 0.29) is 28.5 Å². The number of anilines is 1. The SMILES string of the molecule is [B]=C1C(C(N)=O)=C(O)[C@@H](N(C)C)[C@@H]2C[C@@H]3Cc4c(c(OC)cc(CN[C@H](C)C5CC5)c4N(C)C)C(=O)C3=C3OO[C@]132. The number of aliphatic hydroxyl groups excluding tert-OH is 1. The van der Waals surface area contributed by atoms with Crippen LogP contribution in [0.2, 0.25) is 0 Å². The van der Waals surface area contributed by atoms with Gasteiger partial charge in [0.25, 0.3) is 0 Å². The van der Waals surface area contributed by atoms with Crippen LogP contribution >= 0.6 is 0 Å². The molecule has 6 rings (SSSR count). The van der Waals surface area contributed by atoms with Crippen LogP contribution in [0.4, 0.5) is 5.69 Å². The second kappa shape index (κ2) is 9.71. The summed E-state index contributed by atoms with van der Waals surface area (Å²) in [5.41, 5.74) is 8.07. The van der Waals surface area contributed by atoms with Gasteiger partial charge in [0.05, 0.1) is 0 Å². The van der Waals surface area contributed by atoms with Crippen molar-refractivity contribution < 1.29 is 29.2 Å². The number of carbonyl (C=O) groups excluding carboxylic acids is 2. The number of carbonyl (C=O) groups is 2. The number of ether oxygens (including phenoxy) is 1. The molecule has 0 aromatic heterocycles. The van der Waals surface area contributed by atoms with Crippen LogP contribution in [0.3, 0.4) is 0 Å². The first kappa shape index (κ1) is 28.0. The maximum atomic E-state index is 14.4. The van der Waals surface area contributed by atoms with Crippen LogP contribution in [0.15, 0.2) is 28.7 Å². The van der Waals surface area contributed by atoms with Crippen LogP contribution in [0, 0.1) is 17.8 Å². The standard InChI is InChI=1S/C30H38BN4O6/c1-13(14-7-8-14)33-12-16-11-19(39-6)21-17(23(16)34(2)3)9-15-10-18-24(35(4)5)26(37)22(29(32)38)27(31)30(18)28(40-41-30)20(15)25(21)36/h11,13-15,18,24,33,37H,7-10,12H2,1-6H3,(H2,32,38)/t13-,15+,18+,24+,30-/m1/s1. The van der Waals surface area contributed by atoms with Gasteiger partial charge < -0.3 is 0 Å². The quantitative estimate of drug-likeness (QED) is 0.320. The molecular weight excluding hydrogens is 523 g/mol. The van der Waals surface area contributed by atoms with Crippen LogP contribution in [0.1, 0.15) is 47.7 Å². The molecule has 1 spiro atoms. The number of rotatable bonds is 8. The number of aliphatic hydroxyl groups is 1. The van der Waals surface area contributed by atoms with Gasteiger partial charge >= 0.3 is 216 Å². The minimum atomic E-state index is -1.37. The predicted molar refractivity (Wildman–Crippen MR) is 155 cm³/mol. The van der Waals surface area contributed by atoms with Gasteiger partial charge in [-0.3, -0.25) is 0 Å². The zero-order chi connectivity index (χ0) is 29.5. The summed E-state index contributed by atoms with van der Waals surface area (Å²) >= 11 is 0. The first-order valence-electron chi connectivity index (χ1n) is 14.2. The Kier molecular flexibility index (Phi) is 6.63. The molecule has 1 radical (unpaired) electrons. The Labute approximate surface area is 241 Å². The van der Waals surface area contributed by atoms with Gasteiger partial charge in [-0.05, 0) is 25.7 Å². The summed E-state index contributed by atoms with van der Waals surface area (Å²) in [6, 6.07) is 1.75. The number of nitrogens with one attached hydrogen (secondary N) is 1. The number of fused-ring (bicyclic) bond motifs is 2. The number of hydrogen-bond acceptors (Lipinski definition) is 9. The molecular formula is C30H38BN4O6. The molecule has 0 unspecified atom stereocenters. The predicted octanol–water partition coefficient (Wildman–Crippen LogP) is 1.56. The van der Waals surface area contributed by atoms with Crippen LogP contribution in [0.5, 0.6) is 5.75 Å². The van der Waals surface area contributed by atoms with Gasteiger partial charge in [-0.25, -0.2) is 0 Å². The van der Waals surface area contributed by atoms with Gasteiger partial charge in [-0.1, -0.05) is 0 Å². The summed E-state index contributed by atoms with van der Waals surface area (Å²) < 4.78 is 5.82. The average Bonchev–Trinajstić information content (AvgIpc) is 3.72. The fraction of sp³-hybridized carbons (Fsp3) is 0.567. The van der Waals surface area contributed by atoms with Gasteiger partial charge in [0.1, 0.15) is 0 Å². The summed E-state index contributed by atoms with van der Waals surface area (Å²) in [6.45, 7) is 2.88. The van der Waals surface area contributed by atoms with Crippen molar-refractivity contribution in [1.29, 1.82) is 0 Å². The summed E-state index contributed by atoms with van der Waals surface area (Å²) in [5, 5.41) is 14.9. The first-order valence-corrected chi connectivity index (χ1v) is 14.2. The molecule has 5 atom stereocenters. The molecule has 10 nitrogen and oxygen atoms in total. The van der Waals surface area contributed by atoms with Gasteiger partial charge in [0.15, 0.2) is 0 Å². The van der Waals surface area contributed by atoms with Gasteiger partial charge in [-0.2, -0.15) is 0 Å². The fourth-order valence-electron chi connectivity index (χ4n) is 7.62. The molecule has 1 aromatic carbocycles. The molecule has 1 saturated carbocycles. The second-order valence-electron chi connectivity index (χ2n) is 12.5. The fourth-order valence-corrected chi connectivity index (χ4v) is 7.62. The van der Waals surface area contributed by atoms with Gasteiger partial charge in [-0.15, -0.1) is 0 Å². The van der Waals surface area contributed by atoms with Crippen LogP contribution < -0.4 is 20.7 Å². The summed E-state index contributed by atoms with van der Waals surface area (Å²) in [6.07, 6.45) is 3.56. The normalized spacial score (nSPS) is 29.2. The number of nitrogens with two attached hydrogens (primary N) is 1. The Morgan fingerprint density at radius 1 is 1.32 bits per heavy atom. The molecule has 41 heavy (non-hydrogen) atoms. The molecule has 5 aliphatic rings. The maximum absolute atomic E-state index is 14.4. The third-order valence-electron chi connectivity index (χ3n) is 9.67. The third kappa shape index (κ3) is 3.92. The molecule has 4 aliphatic carbocycles. The number of likely N-dealkylation sites (N-methyl/N-ethyl adjacent to an activating group) is 1. The molecule has 4 N–H and O–H groups in total. The van der Waals surface area contributed by atoms with Gasteiger partial charge in [0, 0.05) is 0 Å². The number of hydrogen-bond donors (Lipinski definition) is 3. The van der Waals surface area contributed by atoms with E-state index in [4.69, 9.17) is 27.7 Å². The monoisotopic (exact) mass is 561 g/mol. The van der Waals surface area contributed by atoms with Crippen molar-refractivity contribution in [3.63, 3.8) is 0 Å². The van der Waals surface area contributed by atoms with E-state index in [2.05, 4.69) is 17.1 Å². The molecule has 1 aliphatic heterocycles. The first-order chi connectivity index (χ1) is 19.4. The zero-order valence-corrected chi connectivity index (χ0v) is 24.5. The van der Waals surface area contributed by atoms with Crippen LogP contribution in [0.25, 0.3) is 0 Å².